The molecule has 27 heavy (non-hydrogen) atoms. The van der Waals surface area contributed by atoms with Crippen LogP contribution in [0.15, 0.2) is 42.5 Å². The highest BCUT2D eigenvalue weighted by Crippen LogP contribution is 2.20. The number of anilines is 1. The van der Waals surface area contributed by atoms with Crippen molar-refractivity contribution in [3.8, 4) is 18.1 Å². The lowest BCUT2D eigenvalue weighted by atomic mass is 10.1. The summed E-state index contributed by atoms with van der Waals surface area (Å²) >= 11 is 0. The van der Waals surface area contributed by atoms with Gasteiger partial charge in [-0.15, -0.1) is 6.42 Å². The summed E-state index contributed by atoms with van der Waals surface area (Å²) in [7, 11) is 1.53. The first-order chi connectivity index (χ1) is 12.9. The maximum Gasteiger partial charge on any atom is 0.239 e. The SMILES string of the molecule is C#Cc1cccc(N(CC(=O)NC)C(=O)CCOc2ccc(C)cc2C)c1. The third kappa shape index (κ3) is 5.61. The molecule has 0 heterocycles. The molecule has 2 rings (SSSR count). The standard InChI is InChI=1S/C22H24N2O3/c1-5-18-7-6-8-19(14-18)24(15-21(25)23-4)22(26)11-12-27-20-10-9-16(2)13-17(20)3/h1,6-10,13-14H,11-12,15H2,2-4H3,(H,23,25). The van der Waals surface area contributed by atoms with Gasteiger partial charge in [-0.2, -0.15) is 0 Å². The third-order valence-electron chi connectivity index (χ3n) is 4.11. The Kier molecular flexibility index (Phi) is 7.01. The molecular weight excluding hydrogens is 340 g/mol. The molecule has 5 heteroatoms. The minimum absolute atomic E-state index is 0.0765. The van der Waals surface area contributed by atoms with Crippen LogP contribution in [-0.4, -0.2) is 32.0 Å². The van der Waals surface area contributed by atoms with Gasteiger partial charge in [0.1, 0.15) is 12.3 Å². The second-order valence-corrected chi connectivity index (χ2v) is 6.22. The van der Waals surface area contributed by atoms with Crippen LogP contribution in [0.4, 0.5) is 5.69 Å². The van der Waals surface area contributed by atoms with E-state index in [0.29, 0.717) is 11.3 Å². The molecule has 140 valence electrons. The number of hydrogen-bond acceptors (Lipinski definition) is 3. The van der Waals surface area contributed by atoms with E-state index in [9.17, 15) is 9.59 Å². The molecule has 1 N–H and O–H groups in total. The Morgan fingerprint density at radius 1 is 1.19 bits per heavy atom. The van der Waals surface area contributed by atoms with E-state index in [1.807, 2.05) is 32.0 Å². The molecule has 0 aliphatic carbocycles. The number of terminal acetylenes is 1. The lowest BCUT2D eigenvalue weighted by Gasteiger charge is -2.22. The fourth-order valence-corrected chi connectivity index (χ4v) is 2.65. The van der Waals surface area contributed by atoms with Crippen molar-refractivity contribution in [3.05, 3.63) is 59.2 Å². The van der Waals surface area contributed by atoms with E-state index >= 15 is 0 Å². The Hall–Kier alpha value is -3.26. The quantitative estimate of drug-likeness (QED) is 0.769. The van der Waals surface area contributed by atoms with Crippen LogP contribution in [0.5, 0.6) is 5.75 Å². The van der Waals surface area contributed by atoms with Crippen molar-refractivity contribution < 1.29 is 14.3 Å². The lowest BCUT2D eigenvalue weighted by Crippen LogP contribution is -2.40. The van der Waals surface area contributed by atoms with Gasteiger partial charge in [0.15, 0.2) is 0 Å². The Balaban J connectivity index is 2.09. The molecule has 2 amide bonds. The third-order valence-corrected chi connectivity index (χ3v) is 4.11. The Labute approximate surface area is 160 Å². The Morgan fingerprint density at radius 2 is 1.96 bits per heavy atom. The fourth-order valence-electron chi connectivity index (χ4n) is 2.65. The van der Waals surface area contributed by atoms with Crippen LogP contribution in [0, 0.1) is 26.2 Å². The van der Waals surface area contributed by atoms with E-state index in [4.69, 9.17) is 11.2 Å². The summed E-state index contributed by atoms with van der Waals surface area (Å²) in [5.41, 5.74) is 3.41. The first-order valence-corrected chi connectivity index (χ1v) is 8.72. The first-order valence-electron chi connectivity index (χ1n) is 8.72. The average Bonchev–Trinajstić information content (AvgIpc) is 2.67. The molecule has 5 nitrogen and oxygen atoms in total. The first kappa shape index (κ1) is 20.1. The van der Waals surface area contributed by atoms with Gasteiger partial charge < -0.3 is 15.0 Å². The number of aryl methyl sites for hydroxylation is 2. The molecule has 0 saturated heterocycles. The number of amides is 2. The smallest absolute Gasteiger partial charge is 0.239 e. The zero-order valence-corrected chi connectivity index (χ0v) is 15.9. The molecule has 0 radical (unpaired) electrons. The number of carbonyl (C=O) groups excluding carboxylic acids is 2. The minimum Gasteiger partial charge on any atom is -0.493 e. The number of ether oxygens (including phenoxy) is 1. The molecule has 0 atom stereocenters. The van der Waals surface area contributed by atoms with Gasteiger partial charge in [-0.25, -0.2) is 0 Å². The van der Waals surface area contributed by atoms with Crippen molar-refractivity contribution in [1.82, 2.24) is 5.32 Å². The number of hydrogen-bond donors (Lipinski definition) is 1. The van der Waals surface area contributed by atoms with Gasteiger partial charge >= 0.3 is 0 Å². The molecular formula is C22H24N2O3. The van der Waals surface area contributed by atoms with E-state index in [0.717, 1.165) is 16.9 Å². The Bertz CT molecular complexity index is 868. The number of rotatable bonds is 7. The van der Waals surface area contributed by atoms with Gasteiger partial charge in [-0.05, 0) is 43.7 Å². The van der Waals surface area contributed by atoms with Gasteiger partial charge in [-0.1, -0.05) is 29.7 Å². The van der Waals surface area contributed by atoms with Crippen molar-refractivity contribution >= 4 is 17.5 Å². The van der Waals surface area contributed by atoms with Crippen LogP contribution < -0.4 is 15.0 Å². The summed E-state index contributed by atoms with van der Waals surface area (Å²) in [5.74, 6) is 2.82. The molecule has 0 aliphatic rings. The molecule has 0 spiro atoms. The molecule has 0 bridgehead atoms. The summed E-state index contributed by atoms with van der Waals surface area (Å²) in [6.45, 7) is 4.13. The predicted octanol–water partition coefficient (Wildman–Crippen LogP) is 2.83. The van der Waals surface area contributed by atoms with E-state index in [-0.39, 0.29) is 31.4 Å². The highest BCUT2D eigenvalue weighted by Gasteiger charge is 2.19. The van der Waals surface area contributed by atoms with Crippen molar-refractivity contribution in [2.75, 3.05) is 25.1 Å². The lowest BCUT2D eigenvalue weighted by molar-refractivity contribution is -0.123. The molecule has 2 aromatic carbocycles. The highest BCUT2D eigenvalue weighted by atomic mass is 16.5. The number of carbonyl (C=O) groups is 2. The van der Waals surface area contributed by atoms with Crippen molar-refractivity contribution in [2.45, 2.75) is 20.3 Å². The monoisotopic (exact) mass is 364 g/mol. The van der Waals surface area contributed by atoms with Gasteiger partial charge in [-0.3, -0.25) is 9.59 Å². The molecule has 0 aliphatic heterocycles. The topological polar surface area (TPSA) is 58.6 Å². The summed E-state index contributed by atoms with van der Waals surface area (Å²) < 4.78 is 5.74. The Morgan fingerprint density at radius 3 is 2.63 bits per heavy atom. The van der Waals surface area contributed by atoms with Crippen LogP contribution in [-0.2, 0) is 9.59 Å². The summed E-state index contributed by atoms with van der Waals surface area (Å²) in [4.78, 5) is 26.0. The highest BCUT2D eigenvalue weighted by molar-refractivity contribution is 5.98. The van der Waals surface area contributed by atoms with Gasteiger partial charge in [0.25, 0.3) is 0 Å². The summed E-state index contributed by atoms with van der Waals surface area (Å²) in [6, 6.07) is 12.9. The zero-order chi connectivity index (χ0) is 19.8. The minimum atomic E-state index is -0.259. The van der Waals surface area contributed by atoms with Crippen molar-refractivity contribution in [2.24, 2.45) is 0 Å². The maximum atomic E-state index is 12.7. The number of likely N-dealkylation sites (N-methyl/N-ethyl adjacent to an activating group) is 1. The predicted molar refractivity (Wildman–Crippen MR) is 107 cm³/mol. The van der Waals surface area contributed by atoms with Crippen LogP contribution in [0.1, 0.15) is 23.1 Å². The normalized spacial score (nSPS) is 10.0. The largest absolute Gasteiger partial charge is 0.493 e. The second-order valence-electron chi connectivity index (χ2n) is 6.22. The van der Waals surface area contributed by atoms with Crippen LogP contribution >= 0.6 is 0 Å². The molecule has 0 unspecified atom stereocenters. The van der Waals surface area contributed by atoms with E-state index in [1.165, 1.54) is 11.9 Å². The average molecular weight is 364 g/mol. The van der Waals surface area contributed by atoms with Crippen molar-refractivity contribution in [1.29, 1.82) is 0 Å². The van der Waals surface area contributed by atoms with Crippen LogP contribution in [0.25, 0.3) is 0 Å². The van der Waals surface area contributed by atoms with E-state index in [1.54, 1.807) is 24.3 Å². The molecule has 0 saturated carbocycles. The number of nitrogens with zero attached hydrogens (tertiary/aromatic N) is 1. The van der Waals surface area contributed by atoms with Gasteiger partial charge in [0.05, 0.1) is 13.0 Å². The second kappa shape index (κ2) is 9.44. The van der Waals surface area contributed by atoms with Gasteiger partial charge in [0.2, 0.25) is 11.8 Å². The van der Waals surface area contributed by atoms with E-state index in [2.05, 4.69) is 11.2 Å². The van der Waals surface area contributed by atoms with E-state index < -0.39 is 0 Å². The molecule has 2 aromatic rings. The van der Waals surface area contributed by atoms with Crippen LogP contribution in [0.2, 0.25) is 0 Å². The summed E-state index contributed by atoms with van der Waals surface area (Å²) in [6.07, 6.45) is 5.58. The maximum absolute atomic E-state index is 12.7. The van der Waals surface area contributed by atoms with Gasteiger partial charge in [0, 0.05) is 18.3 Å². The van der Waals surface area contributed by atoms with Crippen LogP contribution in [0.3, 0.4) is 0 Å². The molecule has 0 aromatic heterocycles. The van der Waals surface area contributed by atoms with Crippen molar-refractivity contribution in [3.63, 3.8) is 0 Å². The number of nitrogens with one attached hydrogen (secondary N) is 1. The molecule has 0 fully saturated rings. The zero-order valence-electron chi connectivity index (χ0n) is 15.9. The summed E-state index contributed by atoms with van der Waals surface area (Å²) in [5, 5.41) is 2.54. The fraction of sp³-hybridized carbons (Fsp3) is 0.273. The number of benzene rings is 2.